The summed E-state index contributed by atoms with van der Waals surface area (Å²) in [5, 5.41) is 18.5. The first-order valence-electron chi connectivity index (χ1n) is 14.1. The average molecular weight is 613 g/mol. The maximum Gasteiger partial charge on any atom is 0.335 e. The molecule has 0 radical (unpaired) electrons. The van der Waals surface area contributed by atoms with Gasteiger partial charge in [-0.05, 0) is 53.6 Å². The Morgan fingerprint density at radius 1 is 1.07 bits per heavy atom. The third-order valence-corrected chi connectivity index (χ3v) is 7.99. The number of rotatable bonds is 8. The summed E-state index contributed by atoms with van der Waals surface area (Å²) in [5.41, 5.74) is 0.908. The molecule has 0 spiro atoms. The van der Waals surface area contributed by atoms with Crippen LogP contribution in [0.1, 0.15) is 52.8 Å². The standard InChI is InChI=1S/C34H27F3N4O4/c1-34(2)18-44-17-29(34)41-28-12-22(33(42)43)11-26(37)32(28)40-30(41)13-21-10-25(36)23(14-24(21)35)27-4-3-5-31(39-27)45-16-20-8-6-19(15-38)7-9-20/h3-12,14,29H,13,16-18H2,1-2H3,(H,42,43)/t29-/m1/s1. The van der Waals surface area contributed by atoms with Crippen molar-refractivity contribution >= 4 is 17.0 Å². The number of nitrogens with zero attached hydrogens (tertiary/aromatic N) is 4. The van der Waals surface area contributed by atoms with Crippen molar-refractivity contribution in [2.75, 3.05) is 13.2 Å². The fourth-order valence-corrected chi connectivity index (χ4v) is 5.54. The Balaban J connectivity index is 1.32. The number of aromatic nitrogens is 3. The number of nitriles is 1. The van der Waals surface area contributed by atoms with E-state index < -0.39 is 28.8 Å². The van der Waals surface area contributed by atoms with Crippen LogP contribution >= 0.6 is 0 Å². The SMILES string of the molecule is CC1(C)COC[C@H]1n1c(Cc2cc(F)c(-c3cccc(OCc4ccc(C#N)cc4)n3)cc2F)nc2c(F)cc(C(=O)O)cc21. The van der Waals surface area contributed by atoms with Crippen molar-refractivity contribution in [1.82, 2.24) is 14.5 Å². The van der Waals surface area contributed by atoms with Crippen LogP contribution in [0.4, 0.5) is 13.2 Å². The van der Waals surface area contributed by atoms with Crippen LogP contribution in [-0.2, 0) is 17.8 Å². The maximum absolute atomic E-state index is 15.6. The summed E-state index contributed by atoms with van der Waals surface area (Å²) in [4.78, 5) is 20.5. The second kappa shape index (κ2) is 11.7. The third-order valence-electron chi connectivity index (χ3n) is 7.99. The Kier molecular flexibility index (Phi) is 7.76. The van der Waals surface area contributed by atoms with E-state index in [0.717, 1.165) is 23.8 Å². The van der Waals surface area contributed by atoms with E-state index >= 15 is 13.2 Å². The number of carbonyl (C=O) groups is 1. The lowest BCUT2D eigenvalue weighted by Gasteiger charge is -2.28. The first kappa shape index (κ1) is 29.8. The van der Waals surface area contributed by atoms with E-state index in [0.29, 0.717) is 12.2 Å². The number of imidazole rings is 1. The summed E-state index contributed by atoms with van der Waals surface area (Å²) < 4.78 is 59.4. The number of fused-ring (bicyclic) bond motifs is 1. The van der Waals surface area contributed by atoms with Gasteiger partial charge in [0.25, 0.3) is 0 Å². The van der Waals surface area contributed by atoms with Crippen LogP contribution in [0.25, 0.3) is 22.3 Å². The fraction of sp³-hybridized carbons (Fsp3) is 0.235. The number of carboxylic acids is 1. The number of carboxylic acid groups (broad SMARTS) is 1. The van der Waals surface area contributed by atoms with Crippen molar-refractivity contribution in [2.45, 2.75) is 32.9 Å². The first-order chi connectivity index (χ1) is 21.5. The predicted molar refractivity (Wildman–Crippen MR) is 158 cm³/mol. The average Bonchev–Trinajstić information content (AvgIpc) is 3.56. The van der Waals surface area contributed by atoms with Gasteiger partial charge in [-0.3, -0.25) is 0 Å². The van der Waals surface area contributed by atoms with E-state index in [1.807, 2.05) is 19.9 Å². The highest BCUT2D eigenvalue weighted by molar-refractivity contribution is 5.93. The van der Waals surface area contributed by atoms with Crippen molar-refractivity contribution < 1.29 is 32.5 Å². The van der Waals surface area contributed by atoms with E-state index in [9.17, 15) is 9.90 Å². The zero-order valence-corrected chi connectivity index (χ0v) is 24.4. The van der Waals surface area contributed by atoms with Gasteiger partial charge in [0.15, 0.2) is 5.82 Å². The Morgan fingerprint density at radius 2 is 1.84 bits per heavy atom. The summed E-state index contributed by atoms with van der Waals surface area (Å²) >= 11 is 0. The van der Waals surface area contributed by atoms with Gasteiger partial charge in [0.2, 0.25) is 5.88 Å². The topological polar surface area (TPSA) is 110 Å². The molecule has 1 aliphatic rings. The van der Waals surface area contributed by atoms with Gasteiger partial charge in [-0.2, -0.15) is 5.26 Å². The van der Waals surface area contributed by atoms with Crippen molar-refractivity contribution in [2.24, 2.45) is 5.41 Å². The van der Waals surface area contributed by atoms with E-state index in [1.165, 1.54) is 12.1 Å². The molecule has 2 aromatic heterocycles. The normalized spacial score (nSPS) is 15.7. The molecule has 1 fully saturated rings. The Morgan fingerprint density at radius 3 is 2.53 bits per heavy atom. The van der Waals surface area contributed by atoms with Crippen molar-refractivity contribution in [3.05, 3.63) is 112 Å². The lowest BCUT2D eigenvalue weighted by molar-refractivity contribution is 0.0696. The van der Waals surface area contributed by atoms with Gasteiger partial charge in [-0.25, -0.2) is 27.9 Å². The van der Waals surface area contributed by atoms with Crippen LogP contribution in [0.15, 0.2) is 66.7 Å². The van der Waals surface area contributed by atoms with Gasteiger partial charge in [0.05, 0.1) is 47.7 Å². The van der Waals surface area contributed by atoms with E-state index in [4.69, 9.17) is 14.7 Å². The minimum absolute atomic E-state index is 0.0170. The van der Waals surface area contributed by atoms with Gasteiger partial charge in [0, 0.05) is 23.5 Å². The summed E-state index contributed by atoms with van der Waals surface area (Å²) in [6.07, 6.45) is -0.187. The zero-order valence-electron chi connectivity index (χ0n) is 24.4. The van der Waals surface area contributed by atoms with E-state index in [1.54, 1.807) is 41.0 Å². The molecule has 228 valence electrons. The molecule has 1 saturated heterocycles. The molecule has 8 nitrogen and oxygen atoms in total. The first-order valence-corrected chi connectivity index (χ1v) is 14.1. The number of benzene rings is 3. The van der Waals surface area contributed by atoms with Crippen molar-refractivity contribution in [3.8, 4) is 23.2 Å². The highest BCUT2D eigenvalue weighted by atomic mass is 19.1. The van der Waals surface area contributed by atoms with E-state index in [-0.39, 0.29) is 70.8 Å². The zero-order chi connectivity index (χ0) is 31.9. The van der Waals surface area contributed by atoms with Crippen molar-refractivity contribution in [3.63, 3.8) is 0 Å². The molecule has 1 N–H and O–H groups in total. The van der Waals surface area contributed by atoms with E-state index in [2.05, 4.69) is 9.97 Å². The quantitative estimate of drug-likeness (QED) is 0.204. The Bertz CT molecular complexity index is 1980. The predicted octanol–water partition coefficient (Wildman–Crippen LogP) is 6.85. The van der Waals surface area contributed by atoms with Crippen LogP contribution in [0.2, 0.25) is 0 Å². The second-order valence-corrected chi connectivity index (χ2v) is 11.6. The van der Waals surface area contributed by atoms with Crippen LogP contribution in [0.5, 0.6) is 5.88 Å². The van der Waals surface area contributed by atoms with Gasteiger partial charge in [0.1, 0.15) is 29.6 Å². The Labute approximate surface area is 256 Å². The maximum atomic E-state index is 15.6. The Hall–Kier alpha value is -5.21. The number of hydrogen-bond donors (Lipinski definition) is 1. The molecule has 0 unspecified atom stereocenters. The van der Waals surface area contributed by atoms with Gasteiger partial charge >= 0.3 is 5.97 Å². The van der Waals surface area contributed by atoms with Crippen LogP contribution in [0.3, 0.4) is 0 Å². The molecular formula is C34H27F3N4O4. The highest BCUT2D eigenvalue weighted by Crippen LogP contribution is 2.41. The van der Waals surface area contributed by atoms with Crippen LogP contribution in [0, 0.1) is 34.2 Å². The number of ether oxygens (including phenoxy) is 2. The smallest absolute Gasteiger partial charge is 0.335 e. The molecule has 0 bridgehead atoms. The minimum Gasteiger partial charge on any atom is -0.478 e. The second-order valence-electron chi connectivity index (χ2n) is 11.6. The third kappa shape index (κ3) is 5.84. The molecule has 3 aromatic carbocycles. The lowest BCUT2D eigenvalue weighted by Crippen LogP contribution is -2.27. The molecule has 0 aliphatic carbocycles. The molecule has 1 atom stereocenters. The lowest BCUT2D eigenvalue weighted by atomic mass is 9.87. The molecular weight excluding hydrogens is 585 g/mol. The largest absolute Gasteiger partial charge is 0.478 e. The molecule has 45 heavy (non-hydrogen) atoms. The molecule has 5 aromatic rings. The van der Waals surface area contributed by atoms with Crippen molar-refractivity contribution in [1.29, 1.82) is 5.26 Å². The molecule has 11 heteroatoms. The number of aromatic carboxylic acids is 1. The summed E-state index contributed by atoms with van der Waals surface area (Å²) in [7, 11) is 0. The van der Waals surface area contributed by atoms with Gasteiger partial charge < -0.3 is 19.1 Å². The number of halogens is 3. The number of hydrogen-bond acceptors (Lipinski definition) is 6. The fourth-order valence-electron chi connectivity index (χ4n) is 5.54. The number of pyridine rings is 1. The molecule has 0 saturated carbocycles. The molecule has 1 aliphatic heterocycles. The van der Waals surface area contributed by atoms with Gasteiger partial charge in [-0.15, -0.1) is 0 Å². The minimum atomic E-state index is -1.30. The molecule has 0 amide bonds. The summed E-state index contributed by atoms with van der Waals surface area (Å²) in [6, 6.07) is 17.7. The van der Waals surface area contributed by atoms with Gasteiger partial charge in [-0.1, -0.05) is 32.0 Å². The monoisotopic (exact) mass is 612 g/mol. The van der Waals surface area contributed by atoms with Crippen LogP contribution < -0.4 is 4.74 Å². The summed E-state index contributed by atoms with van der Waals surface area (Å²) in [6.45, 7) is 4.74. The molecule has 3 heterocycles. The highest BCUT2D eigenvalue weighted by Gasteiger charge is 2.39. The summed E-state index contributed by atoms with van der Waals surface area (Å²) in [5.74, 6) is -3.11. The van der Waals surface area contributed by atoms with Crippen LogP contribution in [-0.4, -0.2) is 38.8 Å². The molecule has 6 rings (SSSR count).